The Morgan fingerprint density at radius 2 is 2.18 bits per heavy atom. The molecule has 1 aromatic carbocycles. The van der Waals surface area contributed by atoms with Crippen LogP contribution in [-0.4, -0.2) is 11.0 Å². The van der Waals surface area contributed by atoms with Crippen LogP contribution in [0.15, 0.2) is 29.1 Å². The third-order valence-corrected chi connectivity index (χ3v) is 2.56. The van der Waals surface area contributed by atoms with E-state index in [0.29, 0.717) is 23.3 Å². The maximum Gasteiger partial charge on any atom is 0.308 e. The molecular formula is C13H13NO3. The minimum atomic E-state index is -0.373. The van der Waals surface area contributed by atoms with Crippen molar-refractivity contribution in [2.24, 2.45) is 0 Å². The van der Waals surface area contributed by atoms with Gasteiger partial charge in [-0.2, -0.15) is 0 Å². The normalized spacial score (nSPS) is 10.5. The minimum Gasteiger partial charge on any atom is -0.426 e. The van der Waals surface area contributed by atoms with Crippen LogP contribution in [0.5, 0.6) is 5.75 Å². The second-order valence-electron chi connectivity index (χ2n) is 3.79. The van der Waals surface area contributed by atoms with Gasteiger partial charge in [-0.1, -0.05) is 13.0 Å². The zero-order valence-electron chi connectivity index (χ0n) is 9.74. The lowest BCUT2D eigenvalue weighted by Gasteiger charge is -2.06. The molecule has 1 aromatic heterocycles. The summed E-state index contributed by atoms with van der Waals surface area (Å²) >= 11 is 0. The number of rotatable bonds is 2. The van der Waals surface area contributed by atoms with Gasteiger partial charge in [0.1, 0.15) is 5.75 Å². The fraction of sp³-hybridized carbons (Fsp3) is 0.231. The van der Waals surface area contributed by atoms with Crippen molar-refractivity contribution in [1.82, 2.24) is 4.98 Å². The lowest BCUT2D eigenvalue weighted by molar-refractivity contribution is -0.131. The van der Waals surface area contributed by atoms with E-state index < -0.39 is 0 Å². The molecule has 0 aliphatic rings. The quantitative estimate of drug-likeness (QED) is 0.635. The molecule has 17 heavy (non-hydrogen) atoms. The van der Waals surface area contributed by atoms with E-state index in [-0.39, 0.29) is 11.5 Å². The largest absolute Gasteiger partial charge is 0.426 e. The van der Waals surface area contributed by atoms with Gasteiger partial charge in [-0.15, -0.1) is 0 Å². The van der Waals surface area contributed by atoms with E-state index in [1.54, 1.807) is 24.3 Å². The number of carbonyl (C=O) groups is 1. The van der Waals surface area contributed by atoms with E-state index in [4.69, 9.17) is 4.74 Å². The Bertz CT molecular complexity index is 628. The smallest absolute Gasteiger partial charge is 0.308 e. The summed E-state index contributed by atoms with van der Waals surface area (Å²) in [5.74, 6) is 0.0997. The molecule has 2 aromatic rings. The van der Waals surface area contributed by atoms with Crippen molar-refractivity contribution in [3.05, 3.63) is 40.2 Å². The highest BCUT2D eigenvalue weighted by Gasteiger charge is 2.07. The number of pyridine rings is 1. The number of aromatic amines is 1. The average molecular weight is 231 g/mol. The number of aryl methyl sites for hydroxylation is 1. The van der Waals surface area contributed by atoms with E-state index in [1.807, 2.05) is 6.92 Å². The summed E-state index contributed by atoms with van der Waals surface area (Å²) < 4.78 is 5.11. The standard InChI is InChI=1S/C13H13NO3/c1-3-9-7-10-11(14-13(9)16)5-4-6-12(10)17-8(2)15/h4-7H,3H2,1-2H3,(H,14,16). The zero-order chi connectivity index (χ0) is 12.4. The van der Waals surface area contributed by atoms with Crippen LogP contribution in [0, 0.1) is 0 Å². The van der Waals surface area contributed by atoms with Gasteiger partial charge in [0.25, 0.3) is 5.56 Å². The van der Waals surface area contributed by atoms with Crippen LogP contribution in [0.25, 0.3) is 10.9 Å². The molecule has 0 radical (unpaired) electrons. The van der Waals surface area contributed by atoms with Crippen LogP contribution < -0.4 is 10.3 Å². The Morgan fingerprint density at radius 3 is 2.82 bits per heavy atom. The first-order valence-corrected chi connectivity index (χ1v) is 5.45. The fourth-order valence-corrected chi connectivity index (χ4v) is 1.75. The topological polar surface area (TPSA) is 59.2 Å². The summed E-state index contributed by atoms with van der Waals surface area (Å²) in [6.45, 7) is 3.26. The van der Waals surface area contributed by atoms with Gasteiger partial charge < -0.3 is 9.72 Å². The number of nitrogens with one attached hydrogen (secondary N) is 1. The van der Waals surface area contributed by atoms with Crippen LogP contribution in [0.4, 0.5) is 0 Å². The van der Waals surface area contributed by atoms with Crippen molar-refractivity contribution in [1.29, 1.82) is 0 Å². The molecule has 4 nitrogen and oxygen atoms in total. The number of ether oxygens (including phenoxy) is 1. The zero-order valence-corrected chi connectivity index (χ0v) is 9.74. The molecule has 4 heteroatoms. The van der Waals surface area contributed by atoms with Crippen LogP contribution in [0.2, 0.25) is 0 Å². The first-order chi connectivity index (χ1) is 8.11. The highest BCUT2D eigenvalue weighted by Crippen LogP contribution is 2.24. The Labute approximate surface area is 98.2 Å². The van der Waals surface area contributed by atoms with Crippen LogP contribution >= 0.6 is 0 Å². The van der Waals surface area contributed by atoms with Gasteiger partial charge in [0, 0.05) is 17.9 Å². The summed E-state index contributed by atoms with van der Waals surface area (Å²) in [4.78, 5) is 25.4. The van der Waals surface area contributed by atoms with Crippen LogP contribution in [0.3, 0.4) is 0 Å². The molecule has 0 amide bonds. The summed E-state index contributed by atoms with van der Waals surface area (Å²) in [6.07, 6.45) is 0.639. The van der Waals surface area contributed by atoms with E-state index in [2.05, 4.69) is 4.98 Å². The first kappa shape index (κ1) is 11.4. The van der Waals surface area contributed by atoms with Gasteiger partial charge in [0.2, 0.25) is 0 Å². The molecule has 88 valence electrons. The molecule has 1 heterocycles. The second-order valence-corrected chi connectivity index (χ2v) is 3.79. The van der Waals surface area contributed by atoms with Gasteiger partial charge >= 0.3 is 5.97 Å². The van der Waals surface area contributed by atoms with Crippen molar-refractivity contribution in [3.8, 4) is 5.75 Å². The molecule has 2 rings (SSSR count). The number of benzene rings is 1. The molecule has 0 saturated carbocycles. The molecule has 0 spiro atoms. The first-order valence-electron chi connectivity index (χ1n) is 5.45. The van der Waals surface area contributed by atoms with Crippen molar-refractivity contribution in [3.63, 3.8) is 0 Å². The Morgan fingerprint density at radius 1 is 1.41 bits per heavy atom. The molecule has 0 unspecified atom stereocenters. The fourth-order valence-electron chi connectivity index (χ4n) is 1.75. The molecule has 0 bridgehead atoms. The van der Waals surface area contributed by atoms with Gasteiger partial charge in [-0.05, 0) is 24.6 Å². The lowest BCUT2D eigenvalue weighted by atomic mass is 10.1. The monoisotopic (exact) mass is 231 g/mol. The number of hydrogen-bond donors (Lipinski definition) is 1. The third-order valence-electron chi connectivity index (χ3n) is 2.56. The number of aromatic nitrogens is 1. The number of carbonyl (C=O) groups excluding carboxylic acids is 1. The molecule has 0 saturated heterocycles. The van der Waals surface area contributed by atoms with E-state index in [9.17, 15) is 9.59 Å². The maximum absolute atomic E-state index is 11.6. The van der Waals surface area contributed by atoms with Gasteiger partial charge in [-0.3, -0.25) is 9.59 Å². The van der Waals surface area contributed by atoms with Gasteiger partial charge in [0.15, 0.2) is 0 Å². The Kier molecular flexibility index (Phi) is 2.95. The SMILES string of the molecule is CCc1cc2c(OC(C)=O)cccc2[nH]c1=O. The molecule has 0 fully saturated rings. The van der Waals surface area contributed by atoms with Crippen molar-refractivity contribution < 1.29 is 9.53 Å². The van der Waals surface area contributed by atoms with E-state index >= 15 is 0 Å². The number of fused-ring (bicyclic) bond motifs is 1. The van der Waals surface area contributed by atoms with E-state index in [0.717, 1.165) is 5.39 Å². The highest BCUT2D eigenvalue weighted by molar-refractivity contribution is 5.87. The average Bonchev–Trinajstić information content (AvgIpc) is 2.27. The molecule has 0 aliphatic heterocycles. The Balaban J connectivity index is 2.69. The highest BCUT2D eigenvalue weighted by atomic mass is 16.5. The summed E-state index contributed by atoms with van der Waals surface area (Å²) in [6, 6.07) is 7.00. The van der Waals surface area contributed by atoms with E-state index in [1.165, 1.54) is 6.92 Å². The molecule has 1 N–H and O–H groups in total. The van der Waals surface area contributed by atoms with Crippen molar-refractivity contribution >= 4 is 16.9 Å². The summed E-state index contributed by atoms with van der Waals surface area (Å²) in [5.41, 5.74) is 1.25. The Hall–Kier alpha value is -2.10. The van der Waals surface area contributed by atoms with Crippen LogP contribution in [0.1, 0.15) is 19.4 Å². The number of hydrogen-bond acceptors (Lipinski definition) is 3. The van der Waals surface area contributed by atoms with Crippen LogP contribution in [-0.2, 0) is 11.2 Å². The van der Waals surface area contributed by atoms with Crippen molar-refractivity contribution in [2.45, 2.75) is 20.3 Å². The van der Waals surface area contributed by atoms with Gasteiger partial charge in [0.05, 0.1) is 5.52 Å². The number of H-pyrrole nitrogens is 1. The maximum atomic E-state index is 11.6. The molecule has 0 aliphatic carbocycles. The molecule has 0 atom stereocenters. The van der Waals surface area contributed by atoms with Crippen molar-refractivity contribution in [2.75, 3.05) is 0 Å². The predicted octanol–water partition coefficient (Wildman–Crippen LogP) is 2.02. The van der Waals surface area contributed by atoms with Gasteiger partial charge in [-0.25, -0.2) is 0 Å². The third kappa shape index (κ3) is 2.20. The lowest BCUT2D eigenvalue weighted by Crippen LogP contribution is -2.12. The summed E-state index contributed by atoms with van der Waals surface area (Å²) in [5, 5.41) is 0.749. The predicted molar refractivity (Wildman–Crippen MR) is 65.3 cm³/mol. The minimum absolute atomic E-state index is 0.0972. The second kappa shape index (κ2) is 4.41. The number of esters is 1. The summed E-state index contributed by atoms with van der Waals surface area (Å²) in [7, 11) is 0. The molecular weight excluding hydrogens is 218 g/mol.